The number of nitrogens with zero attached hydrogens (tertiary/aromatic N) is 1. The van der Waals surface area contributed by atoms with Crippen molar-refractivity contribution < 1.29 is 4.79 Å². The molecule has 3 heteroatoms. The SMILES string of the molecule is CC(C(=O)Nc1cccc2ccccc12)N1CCCCCC1. The second-order valence-electron chi connectivity index (χ2n) is 6.14. The van der Waals surface area contributed by atoms with Crippen LogP contribution in [-0.2, 0) is 4.79 Å². The molecule has 1 unspecified atom stereocenters. The maximum absolute atomic E-state index is 12.6. The summed E-state index contributed by atoms with van der Waals surface area (Å²) in [5.74, 6) is 0.0956. The topological polar surface area (TPSA) is 32.3 Å². The van der Waals surface area contributed by atoms with Crippen molar-refractivity contribution in [3.8, 4) is 0 Å². The highest BCUT2D eigenvalue weighted by Gasteiger charge is 2.22. The highest BCUT2D eigenvalue weighted by molar-refractivity contribution is 6.03. The van der Waals surface area contributed by atoms with Crippen molar-refractivity contribution in [2.75, 3.05) is 18.4 Å². The minimum absolute atomic E-state index is 0.0722. The Bertz CT molecular complexity index is 639. The molecular formula is C19H24N2O. The Kier molecular flexibility index (Phi) is 4.74. The van der Waals surface area contributed by atoms with Crippen molar-refractivity contribution in [3.05, 3.63) is 42.5 Å². The van der Waals surface area contributed by atoms with Gasteiger partial charge in [-0.2, -0.15) is 0 Å². The highest BCUT2D eigenvalue weighted by atomic mass is 16.2. The van der Waals surface area contributed by atoms with E-state index in [9.17, 15) is 4.79 Å². The lowest BCUT2D eigenvalue weighted by atomic mass is 10.1. The van der Waals surface area contributed by atoms with E-state index in [1.165, 1.54) is 25.7 Å². The van der Waals surface area contributed by atoms with Crippen molar-refractivity contribution in [1.29, 1.82) is 0 Å². The lowest BCUT2D eigenvalue weighted by molar-refractivity contribution is -0.120. The highest BCUT2D eigenvalue weighted by Crippen LogP contribution is 2.23. The van der Waals surface area contributed by atoms with Crippen LogP contribution in [0.1, 0.15) is 32.6 Å². The summed E-state index contributed by atoms with van der Waals surface area (Å²) in [5, 5.41) is 5.38. The number of hydrogen-bond acceptors (Lipinski definition) is 2. The zero-order valence-corrected chi connectivity index (χ0v) is 13.2. The average molecular weight is 296 g/mol. The van der Waals surface area contributed by atoms with Crippen LogP contribution in [0.25, 0.3) is 10.8 Å². The van der Waals surface area contributed by atoms with Crippen LogP contribution >= 0.6 is 0 Å². The molecule has 0 saturated carbocycles. The van der Waals surface area contributed by atoms with Gasteiger partial charge < -0.3 is 5.32 Å². The predicted octanol–water partition coefficient (Wildman–Crippen LogP) is 4.04. The van der Waals surface area contributed by atoms with E-state index in [0.29, 0.717) is 0 Å². The van der Waals surface area contributed by atoms with Crippen molar-refractivity contribution >= 4 is 22.4 Å². The number of carbonyl (C=O) groups excluding carboxylic acids is 1. The third-order valence-corrected chi connectivity index (χ3v) is 4.62. The van der Waals surface area contributed by atoms with E-state index in [2.05, 4.69) is 28.4 Å². The van der Waals surface area contributed by atoms with Gasteiger partial charge in [0.2, 0.25) is 5.91 Å². The number of hydrogen-bond donors (Lipinski definition) is 1. The molecule has 22 heavy (non-hydrogen) atoms. The molecule has 0 aromatic heterocycles. The molecule has 2 aromatic rings. The summed E-state index contributed by atoms with van der Waals surface area (Å²) in [6.07, 6.45) is 4.97. The minimum Gasteiger partial charge on any atom is -0.324 e. The first-order valence-corrected chi connectivity index (χ1v) is 8.28. The molecule has 1 atom stereocenters. The molecule has 1 amide bonds. The van der Waals surface area contributed by atoms with Crippen molar-refractivity contribution in [3.63, 3.8) is 0 Å². The Morgan fingerprint density at radius 2 is 1.68 bits per heavy atom. The lowest BCUT2D eigenvalue weighted by Crippen LogP contribution is -2.42. The van der Waals surface area contributed by atoms with Gasteiger partial charge in [-0.1, -0.05) is 49.2 Å². The van der Waals surface area contributed by atoms with Crippen molar-refractivity contribution in [2.45, 2.75) is 38.6 Å². The Morgan fingerprint density at radius 1 is 1.00 bits per heavy atom. The smallest absolute Gasteiger partial charge is 0.241 e. The lowest BCUT2D eigenvalue weighted by Gasteiger charge is -2.26. The fourth-order valence-corrected chi connectivity index (χ4v) is 3.22. The van der Waals surface area contributed by atoms with Crippen molar-refractivity contribution in [2.24, 2.45) is 0 Å². The second-order valence-corrected chi connectivity index (χ2v) is 6.14. The third kappa shape index (κ3) is 3.30. The third-order valence-electron chi connectivity index (χ3n) is 4.62. The van der Waals surface area contributed by atoms with Gasteiger partial charge in [0.05, 0.1) is 6.04 Å². The zero-order valence-electron chi connectivity index (χ0n) is 13.2. The predicted molar refractivity (Wildman–Crippen MR) is 92.1 cm³/mol. The molecule has 1 saturated heterocycles. The molecule has 1 fully saturated rings. The zero-order chi connectivity index (χ0) is 15.4. The molecule has 0 spiro atoms. The number of anilines is 1. The van der Waals surface area contributed by atoms with E-state index >= 15 is 0 Å². The molecule has 1 heterocycles. The maximum Gasteiger partial charge on any atom is 0.241 e. The molecule has 3 nitrogen and oxygen atoms in total. The van der Waals surface area contributed by atoms with Gasteiger partial charge in [0.1, 0.15) is 0 Å². The van der Waals surface area contributed by atoms with E-state index in [-0.39, 0.29) is 11.9 Å². The van der Waals surface area contributed by atoms with Crippen LogP contribution in [0.5, 0.6) is 0 Å². The first-order chi connectivity index (χ1) is 10.8. The summed E-state index contributed by atoms with van der Waals surface area (Å²) in [6.45, 7) is 4.08. The van der Waals surface area contributed by atoms with Crippen LogP contribution in [0.3, 0.4) is 0 Å². The molecule has 0 radical (unpaired) electrons. The molecule has 3 rings (SSSR count). The van der Waals surface area contributed by atoms with Crippen LogP contribution in [0.4, 0.5) is 5.69 Å². The number of fused-ring (bicyclic) bond motifs is 1. The fourth-order valence-electron chi connectivity index (χ4n) is 3.22. The van der Waals surface area contributed by atoms with Crippen LogP contribution < -0.4 is 5.32 Å². The van der Waals surface area contributed by atoms with Crippen LogP contribution in [0.2, 0.25) is 0 Å². The van der Waals surface area contributed by atoms with E-state index in [0.717, 1.165) is 29.5 Å². The van der Waals surface area contributed by atoms with Gasteiger partial charge in [-0.15, -0.1) is 0 Å². The summed E-state index contributed by atoms with van der Waals surface area (Å²) in [7, 11) is 0. The van der Waals surface area contributed by atoms with Crippen LogP contribution in [0.15, 0.2) is 42.5 Å². The molecule has 1 N–H and O–H groups in total. The Morgan fingerprint density at radius 3 is 2.45 bits per heavy atom. The van der Waals surface area contributed by atoms with Gasteiger partial charge in [0.15, 0.2) is 0 Å². The van der Waals surface area contributed by atoms with E-state index in [1.807, 2.05) is 31.2 Å². The summed E-state index contributed by atoms with van der Waals surface area (Å²) in [4.78, 5) is 14.9. The number of amides is 1. The standard InChI is InChI=1S/C19H24N2O/c1-15(21-13-6-2-3-7-14-21)19(22)20-18-12-8-10-16-9-4-5-11-17(16)18/h4-5,8-12,15H,2-3,6-7,13-14H2,1H3,(H,20,22). The minimum atomic E-state index is -0.0722. The molecule has 1 aliphatic heterocycles. The first-order valence-electron chi connectivity index (χ1n) is 8.28. The summed E-state index contributed by atoms with van der Waals surface area (Å²) >= 11 is 0. The fraction of sp³-hybridized carbons (Fsp3) is 0.421. The van der Waals surface area contributed by atoms with Gasteiger partial charge in [-0.05, 0) is 44.3 Å². The van der Waals surface area contributed by atoms with Crippen LogP contribution in [0, 0.1) is 0 Å². The summed E-state index contributed by atoms with van der Waals surface area (Å²) in [5.41, 5.74) is 0.907. The number of carbonyl (C=O) groups is 1. The number of nitrogens with one attached hydrogen (secondary N) is 1. The van der Waals surface area contributed by atoms with E-state index in [4.69, 9.17) is 0 Å². The number of benzene rings is 2. The second kappa shape index (κ2) is 6.93. The quantitative estimate of drug-likeness (QED) is 0.927. The maximum atomic E-state index is 12.6. The van der Waals surface area contributed by atoms with E-state index in [1.54, 1.807) is 0 Å². The molecule has 0 bridgehead atoms. The molecule has 2 aromatic carbocycles. The first kappa shape index (κ1) is 15.0. The Labute approximate surface area is 132 Å². The monoisotopic (exact) mass is 296 g/mol. The van der Waals surface area contributed by atoms with E-state index < -0.39 is 0 Å². The average Bonchev–Trinajstić information content (AvgIpc) is 2.83. The summed E-state index contributed by atoms with van der Waals surface area (Å²) in [6, 6.07) is 14.1. The largest absolute Gasteiger partial charge is 0.324 e. The van der Waals surface area contributed by atoms with Crippen LogP contribution in [-0.4, -0.2) is 29.9 Å². The van der Waals surface area contributed by atoms with Gasteiger partial charge in [0, 0.05) is 11.1 Å². The van der Waals surface area contributed by atoms with Gasteiger partial charge >= 0.3 is 0 Å². The van der Waals surface area contributed by atoms with Crippen molar-refractivity contribution in [1.82, 2.24) is 4.90 Å². The number of rotatable bonds is 3. The summed E-state index contributed by atoms with van der Waals surface area (Å²) < 4.78 is 0. The number of likely N-dealkylation sites (tertiary alicyclic amines) is 1. The molecular weight excluding hydrogens is 272 g/mol. The molecule has 0 aliphatic carbocycles. The normalized spacial score (nSPS) is 17.9. The van der Waals surface area contributed by atoms with Gasteiger partial charge in [0.25, 0.3) is 0 Å². The van der Waals surface area contributed by atoms with Gasteiger partial charge in [-0.3, -0.25) is 9.69 Å². The Hall–Kier alpha value is -1.87. The van der Waals surface area contributed by atoms with Gasteiger partial charge in [-0.25, -0.2) is 0 Å². The molecule has 116 valence electrons. The molecule has 1 aliphatic rings. The Balaban J connectivity index is 1.75.